The molecule has 198 valence electrons. The summed E-state index contributed by atoms with van der Waals surface area (Å²) in [5, 5.41) is 19.3. The molecule has 4 aromatic rings. The average molecular weight is 515 g/mol. The summed E-state index contributed by atoms with van der Waals surface area (Å²) < 4.78 is 3.28. The first kappa shape index (κ1) is 25.6. The highest BCUT2D eigenvalue weighted by Gasteiger charge is 2.35. The minimum absolute atomic E-state index is 0.00541. The predicted octanol–water partition coefficient (Wildman–Crippen LogP) is 5.63. The molecule has 1 aromatic carbocycles. The van der Waals surface area contributed by atoms with Gasteiger partial charge in [0.05, 0.1) is 11.4 Å². The minimum atomic E-state index is -1.10. The molecule has 9 nitrogen and oxygen atoms in total. The van der Waals surface area contributed by atoms with Crippen molar-refractivity contribution >= 4 is 23.3 Å². The highest BCUT2D eigenvalue weighted by Crippen LogP contribution is 2.34. The summed E-state index contributed by atoms with van der Waals surface area (Å²) in [6.45, 7) is 6.28. The molecule has 1 aliphatic rings. The Bertz CT molecular complexity index is 1400. The second-order valence-electron chi connectivity index (χ2n) is 10.3. The molecule has 1 saturated carbocycles. The summed E-state index contributed by atoms with van der Waals surface area (Å²) in [5.41, 5.74) is 3.19. The zero-order chi connectivity index (χ0) is 26.8. The lowest BCUT2D eigenvalue weighted by molar-refractivity contribution is -0.124. The highest BCUT2D eigenvalue weighted by atomic mass is 16.4. The van der Waals surface area contributed by atoms with E-state index in [4.69, 9.17) is 5.10 Å². The van der Waals surface area contributed by atoms with Crippen LogP contribution in [0.5, 0.6) is 0 Å². The maximum absolute atomic E-state index is 13.8. The predicted molar refractivity (Wildman–Crippen MR) is 145 cm³/mol. The fourth-order valence-electron chi connectivity index (χ4n) is 5.40. The van der Waals surface area contributed by atoms with E-state index < -0.39 is 5.97 Å². The van der Waals surface area contributed by atoms with Crippen LogP contribution < -0.4 is 4.90 Å². The van der Waals surface area contributed by atoms with Crippen molar-refractivity contribution in [2.24, 2.45) is 11.8 Å². The van der Waals surface area contributed by atoms with E-state index in [2.05, 4.69) is 17.0 Å². The van der Waals surface area contributed by atoms with E-state index in [0.29, 0.717) is 11.6 Å². The van der Waals surface area contributed by atoms with Crippen LogP contribution in [0.2, 0.25) is 0 Å². The largest absolute Gasteiger partial charge is 0.477 e. The Labute approximate surface area is 222 Å². The van der Waals surface area contributed by atoms with E-state index in [9.17, 15) is 14.7 Å². The maximum Gasteiger partial charge on any atom is 0.341 e. The van der Waals surface area contributed by atoms with Crippen LogP contribution in [0.15, 0.2) is 55.0 Å². The van der Waals surface area contributed by atoms with Gasteiger partial charge < -0.3 is 5.11 Å². The SMILES string of the molecule is CCC(CC)N(c1nn(-c2ccc(-c3cc4ncccn4n3)cc2)cc1C(=O)O)C(=O)[C@H]1CC[C@H](C)CC1. The van der Waals surface area contributed by atoms with Gasteiger partial charge in [-0.05, 0) is 62.6 Å². The Morgan fingerprint density at radius 1 is 1.08 bits per heavy atom. The number of hydrogen-bond donors (Lipinski definition) is 1. The summed E-state index contributed by atoms with van der Waals surface area (Å²) in [6, 6.07) is 11.2. The summed E-state index contributed by atoms with van der Waals surface area (Å²) in [6.07, 6.45) is 10.2. The number of carbonyl (C=O) groups is 2. The van der Waals surface area contributed by atoms with Crippen molar-refractivity contribution in [1.82, 2.24) is 24.4 Å². The summed E-state index contributed by atoms with van der Waals surface area (Å²) in [7, 11) is 0. The molecule has 9 heteroatoms. The molecule has 0 radical (unpaired) electrons. The number of amides is 1. The molecular formula is C29H34N6O3. The molecule has 38 heavy (non-hydrogen) atoms. The molecule has 0 aliphatic heterocycles. The van der Waals surface area contributed by atoms with Gasteiger partial charge >= 0.3 is 5.97 Å². The van der Waals surface area contributed by atoms with Crippen LogP contribution in [0.3, 0.4) is 0 Å². The van der Waals surface area contributed by atoms with Crippen molar-refractivity contribution in [3.05, 3.63) is 60.6 Å². The Kier molecular flexibility index (Phi) is 7.26. The van der Waals surface area contributed by atoms with Crippen molar-refractivity contribution in [3.63, 3.8) is 0 Å². The molecule has 0 saturated heterocycles. The molecule has 1 amide bonds. The van der Waals surface area contributed by atoms with Gasteiger partial charge in [-0.1, -0.05) is 32.9 Å². The first-order valence-corrected chi connectivity index (χ1v) is 13.5. The molecule has 0 spiro atoms. The van der Waals surface area contributed by atoms with Crippen molar-refractivity contribution in [2.45, 2.75) is 65.3 Å². The van der Waals surface area contributed by atoms with Crippen LogP contribution >= 0.6 is 0 Å². The van der Waals surface area contributed by atoms with Crippen LogP contribution in [-0.2, 0) is 4.79 Å². The Morgan fingerprint density at radius 3 is 2.42 bits per heavy atom. The average Bonchev–Trinajstić information content (AvgIpc) is 3.57. The van der Waals surface area contributed by atoms with Crippen LogP contribution in [0.1, 0.15) is 69.7 Å². The number of anilines is 1. The van der Waals surface area contributed by atoms with E-state index in [1.807, 2.05) is 56.4 Å². The zero-order valence-electron chi connectivity index (χ0n) is 22.1. The lowest BCUT2D eigenvalue weighted by Gasteiger charge is -2.34. The minimum Gasteiger partial charge on any atom is -0.477 e. The van der Waals surface area contributed by atoms with Crippen LogP contribution in [0, 0.1) is 11.8 Å². The Balaban J connectivity index is 1.49. The number of carboxylic acids is 1. The van der Waals surface area contributed by atoms with Crippen LogP contribution in [0.25, 0.3) is 22.6 Å². The van der Waals surface area contributed by atoms with Gasteiger partial charge in [0.15, 0.2) is 11.5 Å². The number of rotatable bonds is 8. The summed E-state index contributed by atoms with van der Waals surface area (Å²) >= 11 is 0. The smallest absolute Gasteiger partial charge is 0.341 e. The highest BCUT2D eigenvalue weighted by molar-refractivity contribution is 6.02. The summed E-state index contributed by atoms with van der Waals surface area (Å²) in [5.74, 6) is -0.354. The van der Waals surface area contributed by atoms with Gasteiger partial charge in [0, 0.05) is 42.2 Å². The number of fused-ring (bicyclic) bond motifs is 1. The number of hydrogen-bond acceptors (Lipinski definition) is 5. The van der Waals surface area contributed by atoms with E-state index >= 15 is 0 Å². The lowest BCUT2D eigenvalue weighted by Crippen LogP contribution is -2.45. The van der Waals surface area contributed by atoms with Gasteiger partial charge in [-0.3, -0.25) is 9.69 Å². The number of nitrogens with zero attached hydrogens (tertiary/aromatic N) is 6. The Morgan fingerprint density at radius 2 is 1.79 bits per heavy atom. The topological polar surface area (TPSA) is 106 Å². The first-order chi connectivity index (χ1) is 18.4. The molecule has 5 rings (SSSR count). The molecule has 1 fully saturated rings. The van der Waals surface area contributed by atoms with Crippen molar-refractivity contribution in [1.29, 1.82) is 0 Å². The number of aromatic carboxylic acids is 1. The van der Waals surface area contributed by atoms with Gasteiger partial charge in [0.25, 0.3) is 0 Å². The van der Waals surface area contributed by atoms with E-state index in [1.165, 1.54) is 6.20 Å². The molecule has 1 aliphatic carbocycles. The van der Waals surface area contributed by atoms with Gasteiger partial charge in [-0.2, -0.15) is 5.10 Å². The number of carbonyl (C=O) groups excluding carboxylic acids is 1. The molecule has 1 N–H and O–H groups in total. The van der Waals surface area contributed by atoms with Crippen LogP contribution in [-0.4, -0.2) is 47.4 Å². The second kappa shape index (κ2) is 10.8. The third-order valence-electron chi connectivity index (χ3n) is 7.73. The summed E-state index contributed by atoms with van der Waals surface area (Å²) in [4.78, 5) is 32.2. The number of carboxylic acid groups (broad SMARTS) is 1. The Hall–Kier alpha value is -4.01. The first-order valence-electron chi connectivity index (χ1n) is 13.5. The monoisotopic (exact) mass is 514 g/mol. The second-order valence-corrected chi connectivity index (χ2v) is 10.3. The van der Waals surface area contributed by atoms with Crippen molar-refractivity contribution < 1.29 is 14.7 Å². The van der Waals surface area contributed by atoms with Gasteiger partial charge in [0.2, 0.25) is 5.91 Å². The molecule has 3 aromatic heterocycles. The third kappa shape index (κ3) is 4.92. The van der Waals surface area contributed by atoms with E-state index in [0.717, 1.165) is 55.4 Å². The van der Waals surface area contributed by atoms with Gasteiger partial charge in [-0.25, -0.2) is 19.0 Å². The molecule has 0 bridgehead atoms. The van der Waals surface area contributed by atoms with Gasteiger partial charge in [0.1, 0.15) is 5.56 Å². The standard InChI is InChI=1S/C29H34N6O3/c1-4-22(5-2)35(28(36)21-9-7-19(3)8-10-21)27-24(29(37)38)18-34(32-27)23-13-11-20(12-14-23)25-17-26-30-15-6-16-33(26)31-25/h6,11-19,21-22H,4-5,7-10H2,1-3H3,(H,37,38)/t19-,21-. The molecule has 3 heterocycles. The number of aromatic nitrogens is 5. The van der Waals surface area contributed by atoms with Gasteiger partial charge in [-0.15, -0.1) is 5.10 Å². The van der Waals surface area contributed by atoms with E-state index in [-0.39, 0.29) is 29.2 Å². The quantitative estimate of drug-likeness (QED) is 0.327. The third-order valence-corrected chi connectivity index (χ3v) is 7.73. The fraction of sp³-hybridized carbons (Fsp3) is 0.414. The lowest BCUT2D eigenvalue weighted by atomic mass is 9.82. The maximum atomic E-state index is 13.8. The normalized spacial score (nSPS) is 17.7. The van der Waals surface area contributed by atoms with Crippen molar-refractivity contribution in [2.75, 3.05) is 4.90 Å². The van der Waals surface area contributed by atoms with Crippen LogP contribution in [0.4, 0.5) is 5.82 Å². The molecule has 0 atom stereocenters. The zero-order valence-corrected chi connectivity index (χ0v) is 22.1. The molecular weight excluding hydrogens is 480 g/mol. The van der Waals surface area contributed by atoms with E-state index in [1.54, 1.807) is 20.3 Å². The fourth-order valence-corrected chi connectivity index (χ4v) is 5.40. The number of benzene rings is 1. The molecule has 0 unspecified atom stereocenters. The van der Waals surface area contributed by atoms with Crippen molar-refractivity contribution in [3.8, 4) is 16.9 Å².